The molecule has 0 aliphatic heterocycles. The first kappa shape index (κ1) is 19.5. The molecule has 0 saturated heterocycles. The Kier molecular flexibility index (Phi) is 5.58. The number of aromatic nitrogens is 5. The summed E-state index contributed by atoms with van der Waals surface area (Å²) in [6.45, 7) is 6.14. The van der Waals surface area contributed by atoms with Crippen LogP contribution < -0.4 is 10.9 Å². The Morgan fingerprint density at radius 2 is 1.76 bits per heavy atom. The third-order valence-electron chi connectivity index (χ3n) is 5.77. The maximum absolute atomic E-state index is 12.5. The highest BCUT2D eigenvalue weighted by atomic mass is 16.1. The number of hydrogen-bond acceptors (Lipinski definition) is 5. The van der Waals surface area contributed by atoms with Gasteiger partial charge in [0.25, 0.3) is 5.56 Å². The summed E-state index contributed by atoms with van der Waals surface area (Å²) in [5, 5.41) is 12.9. The van der Waals surface area contributed by atoms with Crippen LogP contribution in [0.2, 0.25) is 0 Å². The molecule has 0 spiro atoms. The van der Waals surface area contributed by atoms with Crippen molar-refractivity contribution >= 4 is 0 Å². The van der Waals surface area contributed by atoms with E-state index in [1.54, 1.807) is 21.5 Å². The average molecular weight is 393 g/mol. The minimum atomic E-state index is -0.0446. The van der Waals surface area contributed by atoms with Crippen LogP contribution in [0.25, 0.3) is 5.82 Å². The van der Waals surface area contributed by atoms with Crippen molar-refractivity contribution in [3.63, 3.8) is 0 Å². The van der Waals surface area contributed by atoms with Gasteiger partial charge in [-0.15, -0.1) is 5.10 Å². The summed E-state index contributed by atoms with van der Waals surface area (Å²) in [7, 11) is 0. The highest BCUT2D eigenvalue weighted by molar-refractivity contribution is 5.24. The fourth-order valence-corrected chi connectivity index (χ4v) is 4.24. The molecule has 1 atom stereocenters. The number of rotatable bonds is 5. The first-order chi connectivity index (χ1) is 14.0. The van der Waals surface area contributed by atoms with Gasteiger partial charge >= 0.3 is 0 Å². The molecule has 152 valence electrons. The molecule has 1 N–H and O–H groups in total. The van der Waals surface area contributed by atoms with E-state index < -0.39 is 0 Å². The molecule has 3 aromatic rings. The van der Waals surface area contributed by atoms with Crippen molar-refractivity contribution in [3.8, 4) is 5.82 Å². The minimum Gasteiger partial charge on any atom is -0.307 e. The van der Waals surface area contributed by atoms with Crippen molar-refractivity contribution in [2.45, 2.75) is 64.6 Å². The zero-order chi connectivity index (χ0) is 20.4. The van der Waals surface area contributed by atoms with E-state index >= 15 is 0 Å². The van der Waals surface area contributed by atoms with Crippen LogP contribution in [0, 0.1) is 13.8 Å². The zero-order valence-corrected chi connectivity index (χ0v) is 17.2. The highest BCUT2D eigenvalue weighted by Gasteiger charge is 2.25. The second-order valence-electron chi connectivity index (χ2n) is 7.99. The van der Waals surface area contributed by atoms with E-state index in [9.17, 15) is 4.79 Å². The van der Waals surface area contributed by atoms with Crippen LogP contribution in [0.5, 0.6) is 0 Å². The molecule has 3 heterocycles. The predicted octanol–water partition coefficient (Wildman–Crippen LogP) is 3.28. The maximum atomic E-state index is 12.5. The van der Waals surface area contributed by atoms with E-state index in [0.29, 0.717) is 11.9 Å². The van der Waals surface area contributed by atoms with E-state index in [1.807, 2.05) is 32.3 Å². The molecule has 1 aliphatic rings. The lowest BCUT2D eigenvalue weighted by Gasteiger charge is -2.31. The molecule has 0 bridgehead atoms. The van der Waals surface area contributed by atoms with Crippen LogP contribution >= 0.6 is 0 Å². The fourth-order valence-electron chi connectivity index (χ4n) is 4.24. The smallest absolute Gasteiger partial charge is 0.267 e. The van der Waals surface area contributed by atoms with Crippen molar-refractivity contribution in [1.82, 2.24) is 29.9 Å². The summed E-state index contributed by atoms with van der Waals surface area (Å²) in [6, 6.07) is 10.3. The number of hydrogen-bond donors (Lipinski definition) is 1. The zero-order valence-electron chi connectivity index (χ0n) is 17.2. The van der Waals surface area contributed by atoms with Gasteiger partial charge in [-0.25, -0.2) is 9.36 Å². The molecule has 3 aromatic heterocycles. The molecular formula is C22H28N6O. The lowest BCUT2D eigenvalue weighted by Crippen LogP contribution is -2.38. The summed E-state index contributed by atoms with van der Waals surface area (Å²) in [6.07, 6.45) is 7.59. The minimum absolute atomic E-state index is 0.0446. The van der Waals surface area contributed by atoms with Gasteiger partial charge in [0.1, 0.15) is 0 Å². The Morgan fingerprint density at radius 1 is 1.03 bits per heavy atom. The van der Waals surface area contributed by atoms with Crippen LogP contribution in [-0.4, -0.2) is 30.6 Å². The lowest BCUT2D eigenvalue weighted by molar-refractivity contribution is 0.258. The third-order valence-corrected chi connectivity index (χ3v) is 5.77. The Morgan fingerprint density at radius 3 is 2.41 bits per heavy atom. The van der Waals surface area contributed by atoms with Gasteiger partial charge in [0.05, 0.1) is 11.7 Å². The Hall–Kier alpha value is -2.80. The normalized spacial score (nSPS) is 20.5. The Balaban J connectivity index is 1.44. The van der Waals surface area contributed by atoms with Gasteiger partial charge in [-0.2, -0.15) is 5.10 Å². The third kappa shape index (κ3) is 4.29. The van der Waals surface area contributed by atoms with Crippen molar-refractivity contribution in [2.75, 3.05) is 0 Å². The summed E-state index contributed by atoms with van der Waals surface area (Å²) in [5.74, 6) is 0.696. The second kappa shape index (κ2) is 8.29. The van der Waals surface area contributed by atoms with Gasteiger partial charge in [-0.05, 0) is 76.3 Å². The topological polar surface area (TPSA) is 77.6 Å². The van der Waals surface area contributed by atoms with Gasteiger partial charge < -0.3 is 5.32 Å². The van der Waals surface area contributed by atoms with E-state index in [0.717, 1.165) is 37.1 Å². The molecule has 7 nitrogen and oxygen atoms in total. The first-order valence-electron chi connectivity index (χ1n) is 10.3. The molecule has 0 radical (unpaired) electrons. The van der Waals surface area contributed by atoms with E-state index in [4.69, 9.17) is 0 Å². The van der Waals surface area contributed by atoms with Crippen LogP contribution in [0.4, 0.5) is 0 Å². The van der Waals surface area contributed by atoms with E-state index in [-0.39, 0.29) is 17.6 Å². The summed E-state index contributed by atoms with van der Waals surface area (Å²) < 4.78 is 3.46. The highest BCUT2D eigenvalue weighted by Crippen LogP contribution is 2.28. The summed E-state index contributed by atoms with van der Waals surface area (Å²) in [4.78, 5) is 16.6. The largest absolute Gasteiger partial charge is 0.307 e. The molecule has 1 aliphatic carbocycles. The average Bonchev–Trinajstić information content (AvgIpc) is 3.08. The molecule has 0 amide bonds. The van der Waals surface area contributed by atoms with Gasteiger partial charge in [0.15, 0.2) is 5.82 Å². The van der Waals surface area contributed by atoms with Gasteiger partial charge in [-0.3, -0.25) is 9.78 Å². The predicted molar refractivity (Wildman–Crippen MR) is 112 cm³/mol. The molecule has 1 saturated carbocycles. The van der Waals surface area contributed by atoms with Crippen molar-refractivity contribution in [1.29, 1.82) is 0 Å². The SMILES string of the molecule is Cc1cc(C)n(-c2ccc(=O)n(C3CCC(NC(C)c4ccncc4)CC3)n2)n1. The number of nitrogens with one attached hydrogen (secondary N) is 1. The number of aryl methyl sites for hydroxylation is 2. The molecule has 29 heavy (non-hydrogen) atoms. The molecular weight excluding hydrogens is 364 g/mol. The number of nitrogens with zero attached hydrogens (tertiary/aromatic N) is 5. The van der Waals surface area contributed by atoms with Crippen LogP contribution in [-0.2, 0) is 0 Å². The fraction of sp³-hybridized carbons (Fsp3) is 0.455. The van der Waals surface area contributed by atoms with Gasteiger partial charge in [0, 0.05) is 36.2 Å². The molecule has 7 heteroatoms. The quantitative estimate of drug-likeness (QED) is 0.721. The first-order valence-corrected chi connectivity index (χ1v) is 10.3. The van der Waals surface area contributed by atoms with Crippen molar-refractivity contribution < 1.29 is 0 Å². The second-order valence-corrected chi connectivity index (χ2v) is 7.99. The molecule has 4 rings (SSSR count). The lowest BCUT2D eigenvalue weighted by atomic mass is 9.90. The number of pyridine rings is 1. The van der Waals surface area contributed by atoms with Gasteiger partial charge in [-0.1, -0.05) is 0 Å². The van der Waals surface area contributed by atoms with Crippen molar-refractivity contribution in [2.24, 2.45) is 0 Å². The van der Waals surface area contributed by atoms with E-state index in [1.165, 1.54) is 5.56 Å². The Bertz CT molecular complexity index is 1020. The summed E-state index contributed by atoms with van der Waals surface area (Å²) in [5.41, 5.74) is 3.16. The van der Waals surface area contributed by atoms with Crippen LogP contribution in [0.1, 0.15) is 61.6 Å². The molecule has 0 aromatic carbocycles. The van der Waals surface area contributed by atoms with Crippen LogP contribution in [0.15, 0.2) is 47.5 Å². The molecule has 1 unspecified atom stereocenters. The standard InChI is InChI=1S/C22H28N6O/c1-15-14-16(2)27(25-15)21-8-9-22(29)28(26-21)20-6-4-19(5-7-20)24-17(3)18-10-12-23-13-11-18/h8-14,17,19-20,24H,4-7H2,1-3H3. The Labute approximate surface area is 170 Å². The monoisotopic (exact) mass is 392 g/mol. The summed E-state index contributed by atoms with van der Waals surface area (Å²) >= 11 is 0. The molecule has 1 fully saturated rings. The van der Waals surface area contributed by atoms with E-state index in [2.05, 4.69) is 39.6 Å². The maximum Gasteiger partial charge on any atom is 0.267 e. The van der Waals surface area contributed by atoms with Crippen molar-refractivity contribution in [3.05, 3.63) is 70.0 Å². The van der Waals surface area contributed by atoms with Crippen LogP contribution in [0.3, 0.4) is 0 Å². The van der Waals surface area contributed by atoms with Gasteiger partial charge in [0.2, 0.25) is 0 Å².